The van der Waals surface area contributed by atoms with Crippen LogP contribution in [0.4, 0.5) is 0 Å². The Labute approximate surface area is 139 Å². The molecule has 0 amide bonds. The molecule has 0 aliphatic heterocycles. The summed E-state index contributed by atoms with van der Waals surface area (Å²) in [5.41, 5.74) is -0.125. The van der Waals surface area contributed by atoms with Gasteiger partial charge in [0, 0.05) is 4.47 Å². The molecule has 0 aromatic heterocycles. The van der Waals surface area contributed by atoms with Crippen LogP contribution in [0.3, 0.4) is 0 Å². The van der Waals surface area contributed by atoms with Crippen molar-refractivity contribution in [3.05, 3.63) is 57.5 Å². The number of benzene rings is 2. The number of halogens is 2. The molecule has 0 spiro atoms. The first-order valence-electron chi connectivity index (χ1n) is 6.08. The highest BCUT2D eigenvalue weighted by Gasteiger charge is 2.16. The normalized spacial score (nSPS) is 10.1. The summed E-state index contributed by atoms with van der Waals surface area (Å²) >= 11 is 9.05. The Bertz CT molecular complexity index is 717. The van der Waals surface area contributed by atoms with Crippen LogP contribution in [0.5, 0.6) is 11.5 Å². The first kappa shape index (κ1) is 16.3. The minimum atomic E-state index is -1.20. The average molecular weight is 386 g/mol. The Morgan fingerprint density at radius 2 is 1.86 bits per heavy atom. The SMILES string of the molecule is O=C(COc1ccccc1Cl)Oc1ccc(Br)cc1C(=O)O. The summed E-state index contributed by atoms with van der Waals surface area (Å²) in [5.74, 6) is -1.64. The summed E-state index contributed by atoms with van der Waals surface area (Å²) in [7, 11) is 0. The molecular weight excluding hydrogens is 376 g/mol. The highest BCUT2D eigenvalue weighted by atomic mass is 79.9. The molecular formula is C15H10BrClO5. The van der Waals surface area contributed by atoms with Gasteiger partial charge in [-0.05, 0) is 30.3 Å². The molecule has 0 unspecified atom stereocenters. The minimum Gasteiger partial charge on any atom is -0.480 e. The van der Waals surface area contributed by atoms with Gasteiger partial charge in [0.25, 0.3) is 0 Å². The highest BCUT2D eigenvalue weighted by molar-refractivity contribution is 9.10. The summed E-state index contributed by atoms with van der Waals surface area (Å²) in [6.07, 6.45) is 0. The molecule has 0 saturated carbocycles. The Morgan fingerprint density at radius 1 is 1.14 bits per heavy atom. The fraction of sp³-hybridized carbons (Fsp3) is 0.0667. The van der Waals surface area contributed by atoms with Gasteiger partial charge in [0.2, 0.25) is 0 Å². The summed E-state index contributed by atoms with van der Waals surface area (Å²) in [6.45, 7) is -0.390. The van der Waals surface area contributed by atoms with E-state index in [1.54, 1.807) is 30.3 Å². The van der Waals surface area contributed by atoms with Crippen LogP contribution in [0, 0.1) is 0 Å². The lowest BCUT2D eigenvalue weighted by molar-refractivity contribution is -0.136. The zero-order valence-corrected chi connectivity index (χ0v) is 13.4. The summed E-state index contributed by atoms with van der Waals surface area (Å²) in [4.78, 5) is 22.9. The lowest BCUT2D eigenvalue weighted by atomic mass is 10.2. The van der Waals surface area contributed by atoms with E-state index >= 15 is 0 Å². The standard InChI is InChI=1S/C15H10BrClO5/c16-9-5-6-12(10(7-9)15(19)20)22-14(18)8-21-13-4-2-1-3-11(13)17/h1-7H,8H2,(H,19,20). The van der Waals surface area contributed by atoms with Crippen LogP contribution in [0.1, 0.15) is 10.4 Å². The molecule has 1 N–H and O–H groups in total. The van der Waals surface area contributed by atoms with Gasteiger partial charge in [-0.2, -0.15) is 0 Å². The Hall–Kier alpha value is -2.05. The maximum atomic E-state index is 11.8. The molecule has 7 heteroatoms. The Balaban J connectivity index is 2.04. The average Bonchev–Trinajstić information content (AvgIpc) is 2.48. The topological polar surface area (TPSA) is 72.8 Å². The van der Waals surface area contributed by atoms with Crippen molar-refractivity contribution < 1.29 is 24.2 Å². The zero-order chi connectivity index (χ0) is 16.1. The number of hydrogen-bond acceptors (Lipinski definition) is 4. The molecule has 0 bridgehead atoms. The third-order valence-electron chi connectivity index (χ3n) is 2.58. The van der Waals surface area contributed by atoms with E-state index in [0.29, 0.717) is 15.2 Å². The van der Waals surface area contributed by atoms with Gasteiger partial charge >= 0.3 is 11.9 Å². The number of carbonyl (C=O) groups excluding carboxylic acids is 1. The van der Waals surface area contributed by atoms with Crippen LogP contribution < -0.4 is 9.47 Å². The number of carbonyl (C=O) groups is 2. The van der Waals surface area contributed by atoms with E-state index in [1.807, 2.05) is 0 Å². The Morgan fingerprint density at radius 3 is 2.55 bits per heavy atom. The van der Waals surface area contributed by atoms with Crippen molar-refractivity contribution in [2.24, 2.45) is 0 Å². The second-order valence-electron chi connectivity index (χ2n) is 4.14. The second kappa shape index (κ2) is 7.29. The molecule has 2 aromatic carbocycles. The van der Waals surface area contributed by atoms with Crippen LogP contribution in [0.15, 0.2) is 46.9 Å². The molecule has 114 valence electrons. The quantitative estimate of drug-likeness (QED) is 0.626. The number of carboxylic acid groups (broad SMARTS) is 1. The van der Waals surface area contributed by atoms with E-state index in [4.69, 9.17) is 26.2 Å². The number of ether oxygens (including phenoxy) is 2. The van der Waals surface area contributed by atoms with Crippen molar-refractivity contribution in [3.8, 4) is 11.5 Å². The van der Waals surface area contributed by atoms with E-state index < -0.39 is 18.5 Å². The van der Waals surface area contributed by atoms with Gasteiger partial charge in [0.15, 0.2) is 6.61 Å². The van der Waals surface area contributed by atoms with Gasteiger partial charge in [-0.1, -0.05) is 39.7 Å². The maximum Gasteiger partial charge on any atom is 0.349 e. The number of esters is 1. The van der Waals surface area contributed by atoms with E-state index in [0.717, 1.165) is 0 Å². The van der Waals surface area contributed by atoms with Crippen molar-refractivity contribution in [1.82, 2.24) is 0 Å². The van der Waals surface area contributed by atoms with Crippen LogP contribution in [0.2, 0.25) is 5.02 Å². The predicted octanol–water partition coefficient (Wildman–Crippen LogP) is 3.79. The lowest BCUT2D eigenvalue weighted by Gasteiger charge is -2.09. The van der Waals surface area contributed by atoms with Gasteiger partial charge in [-0.3, -0.25) is 0 Å². The van der Waals surface area contributed by atoms with Gasteiger partial charge in [0.05, 0.1) is 5.02 Å². The van der Waals surface area contributed by atoms with Crippen LogP contribution >= 0.6 is 27.5 Å². The second-order valence-corrected chi connectivity index (χ2v) is 5.46. The monoisotopic (exact) mass is 384 g/mol. The number of aromatic carboxylic acids is 1. The Kier molecular flexibility index (Phi) is 5.41. The zero-order valence-electron chi connectivity index (χ0n) is 11.1. The molecule has 0 aliphatic rings. The highest BCUT2D eigenvalue weighted by Crippen LogP contribution is 2.25. The smallest absolute Gasteiger partial charge is 0.349 e. The first-order valence-corrected chi connectivity index (χ1v) is 7.25. The van der Waals surface area contributed by atoms with Gasteiger partial charge < -0.3 is 14.6 Å². The van der Waals surface area contributed by atoms with Gasteiger partial charge in [-0.25, -0.2) is 9.59 Å². The largest absolute Gasteiger partial charge is 0.480 e. The van der Waals surface area contributed by atoms with Crippen molar-refractivity contribution in [2.45, 2.75) is 0 Å². The number of para-hydroxylation sites is 1. The first-order chi connectivity index (χ1) is 10.5. The molecule has 2 rings (SSSR count). The molecule has 22 heavy (non-hydrogen) atoms. The predicted molar refractivity (Wildman–Crippen MR) is 83.7 cm³/mol. The number of rotatable bonds is 5. The summed E-state index contributed by atoms with van der Waals surface area (Å²) in [5, 5.41) is 9.45. The molecule has 0 radical (unpaired) electrons. The molecule has 0 heterocycles. The molecule has 0 aliphatic carbocycles. The summed E-state index contributed by atoms with van der Waals surface area (Å²) in [6, 6.07) is 11.0. The van der Waals surface area contributed by atoms with Crippen LogP contribution in [-0.2, 0) is 4.79 Å². The number of carboxylic acids is 1. The van der Waals surface area contributed by atoms with E-state index in [1.165, 1.54) is 12.1 Å². The van der Waals surface area contributed by atoms with Gasteiger partial charge in [0.1, 0.15) is 17.1 Å². The van der Waals surface area contributed by atoms with Crippen LogP contribution in [-0.4, -0.2) is 23.7 Å². The van der Waals surface area contributed by atoms with E-state index in [-0.39, 0.29) is 11.3 Å². The van der Waals surface area contributed by atoms with E-state index in [2.05, 4.69) is 15.9 Å². The fourth-order valence-corrected chi connectivity index (χ4v) is 2.16. The molecule has 5 nitrogen and oxygen atoms in total. The summed E-state index contributed by atoms with van der Waals surface area (Å²) < 4.78 is 10.8. The van der Waals surface area contributed by atoms with Crippen molar-refractivity contribution in [2.75, 3.05) is 6.61 Å². The van der Waals surface area contributed by atoms with Crippen LogP contribution in [0.25, 0.3) is 0 Å². The van der Waals surface area contributed by atoms with E-state index in [9.17, 15) is 9.59 Å². The van der Waals surface area contributed by atoms with Gasteiger partial charge in [-0.15, -0.1) is 0 Å². The third kappa shape index (κ3) is 4.22. The van der Waals surface area contributed by atoms with Crippen molar-refractivity contribution in [3.63, 3.8) is 0 Å². The van der Waals surface area contributed by atoms with Crippen molar-refractivity contribution in [1.29, 1.82) is 0 Å². The fourth-order valence-electron chi connectivity index (χ4n) is 1.61. The molecule has 0 fully saturated rings. The molecule has 2 aromatic rings. The lowest BCUT2D eigenvalue weighted by Crippen LogP contribution is -2.19. The maximum absolute atomic E-state index is 11.8. The molecule has 0 atom stereocenters. The third-order valence-corrected chi connectivity index (χ3v) is 3.38. The minimum absolute atomic E-state index is 0.0524. The number of hydrogen-bond donors (Lipinski definition) is 1. The van der Waals surface area contributed by atoms with Crippen molar-refractivity contribution >= 4 is 39.5 Å². The molecule has 0 saturated heterocycles.